The van der Waals surface area contributed by atoms with E-state index in [4.69, 9.17) is 14.2 Å². The van der Waals surface area contributed by atoms with Crippen LogP contribution < -0.4 is 24.4 Å². The van der Waals surface area contributed by atoms with E-state index in [1.165, 1.54) is 36.2 Å². The Morgan fingerprint density at radius 3 is 2.59 bits per heavy atom. The van der Waals surface area contributed by atoms with Crippen molar-refractivity contribution in [2.75, 3.05) is 20.8 Å². The molecule has 1 aliphatic rings. The normalized spacial score (nSPS) is 14.8. The highest BCUT2D eigenvalue weighted by Gasteiger charge is 2.34. The van der Waals surface area contributed by atoms with E-state index in [0.29, 0.717) is 49.0 Å². The third-order valence-corrected chi connectivity index (χ3v) is 7.64. The zero-order valence-corrected chi connectivity index (χ0v) is 23.6. The maximum atomic E-state index is 13.9. The van der Waals surface area contributed by atoms with Gasteiger partial charge in [-0.25, -0.2) is 14.6 Å². The van der Waals surface area contributed by atoms with E-state index in [-0.39, 0.29) is 23.3 Å². The number of methoxy groups -OCH3 is 2. The number of nitrogens with zero attached hydrogens (tertiary/aromatic N) is 2. The maximum absolute atomic E-state index is 13.9. The number of aromatic nitrogens is 2. The number of carbonyl (C=O) groups is 2. The predicted molar refractivity (Wildman–Crippen MR) is 153 cm³/mol. The van der Waals surface area contributed by atoms with E-state index in [0.717, 1.165) is 0 Å². The van der Waals surface area contributed by atoms with Crippen LogP contribution in [0.3, 0.4) is 0 Å². The van der Waals surface area contributed by atoms with Crippen LogP contribution in [0.4, 0.5) is 0 Å². The van der Waals surface area contributed by atoms with Crippen molar-refractivity contribution < 1.29 is 28.9 Å². The highest BCUT2D eigenvalue weighted by Crippen LogP contribution is 2.36. The van der Waals surface area contributed by atoms with Crippen molar-refractivity contribution >= 4 is 29.4 Å². The molecule has 1 aliphatic heterocycles. The Morgan fingerprint density at radius 2 is 1.88 bits per heavy atom. The molecule has 0 saturated heterocycles. The predicted octanol–water partition coefficient (Wildman–Crippen LogP) is 3.51. The van der Waals surface area contributed by atoms with E-state index in [1.54, 1.807) is 56.3 Å². The van der Waals surface area contributed by atoms with E-state index in [9.17, 15) is 19.5 Å². The molecule has 0 saturated carbocycles. The van der Waals surface area contributed by atoms with Crippen LogP contribution in [0.2, 0.25) is 0 Å². The van der Waals surface area contributed by atoms with Gasteiger partial charge in [0.15, 0.2) is 16.3 Å². The second-order valence-electron chi connectivity index (χ2n) is 9.13. The van der Waals surface area contributed by atoms with Crippen molar-refractivity contribution in [2.24, 2.45) is 4.99 Å². The molecule has 11 heteroatoms. The quantitative estimate of drug-likeness (QED) is 0.308. The lowest BCUT2D eigenvalue weighted by molar-refractivity contribution is -0.139. The van der Waals surface area contributed by atoms with Crippen molar-refractivity contribution in [3.8, 4) is 22.8 Å². The first-order chi connectivity index (χ1) is 19.7. The molecule has 1 atom stereocenters. The number of hydrogen-bond acceptors (Lipinski definition) is 8. The molecular formula is C30H27N3O7S. The van der Waals surface area contributed by atoms with E-state index in [1.807, 2.05) is 12.1 Å². The topological polar surface area (TPSA) is 132 Å². The fraction of sp³-hybridized carbons (Fsp3) is 0.200. The van der Waals surface area contributed by atoms with Crippen molar-refractivity contribution in [3.63, 3.8) is 0 Å². The van der Waals surface area contributed by atoms with Crippen LogP contribution in [-0.2, 0) is 9.53 Å². The summed E-state index contributed by atoms with van der Waals surface area (Å²) < 4.78 is 18.1. The summed E-state index contributed by atoms with van der Waals surface area (Å²) in [7, 11) is 3.05. The summed E-state index contributed by atoms with van der Waals surface area (Å²) in [4.78, 5) is 46.7. The molecule has 0 radical (unpaired) electrons. The molecule has 41 heavy (non-hydrogen) atoms. The summed E-state index contributed by atoms with van der Waals surface area (Å²) in [6.07, 6.45) is 1.71. The number of aromatic carboxylic acids is 1. The zero-order valence-electron chi connectivity index (χ0n) is 22.8. The number of esters is 1. The smallest absolute Gasteiger partial charge is 0.338 e. The molecule has 4 aromatic rings. The Kier molecular flexibility index (Phi) is 7.62. The lowest BCUT2D eigenvalue weighted by atomic mass is 9.95. The van der Waals surface area contributed by atoms with Gasteiger partial charge in [-0.15, -0.1) is 0 Å². The van der Waals surface area contributed by atoms with Crippen molar-refractivity contribution in [2.45, 2.75) is 19.9 Å². The minimum absolute atomic E-state index is 0.170. The monoisotopic (exact) mass is 573 g/mol. The molecule has 0 bridgehead atoms. The number of carbonyl (C=O) groups excluding carboxylic acids is 1. The van der Waals surface area contributed by atoms with Crippen LogP contribution in [0.1, 0.15) is 41.5 Å². The van der Waals surface area contributed by atoms with E-state index in [2.05, 4.69) is 9.98 Å². The Hall–Kier alpha value is -4.90. The fourth-order valence-corrected chi connectivity index (χ4v) is 5.79. The molecule has 0 fully saturated rings. The minimum Gasteiger partial charge on any atom is -0.493 e. The third-order valence-electron chi connectivity index (χ3n) is 6.66. The molecule has 2 aromatic carbocycles. The number of nitrogens with one attached hydrogen (secondary N) is 1. The second-order valence-corrected chi connectivity index (χ2v) is 10.1. The van der Waals surface area contributed by atoms with Crippen LogP contribution in [0.25, 0.3) is 17.3 Å². The van der Waals surface area contributed by atoms with Crippen molar-refractivity contribution in [3.05, 3.63) is 102 Å². The largest absolute Gasteiger partial charge is 0.493 e. The molecule has 1 unspecified atom stereocenters. The van der Waals surface area contributed by atoms with Gasteiger partial charge in [-0.3, -0.25) is 9.36 Å². The Labute approximate surface area is 238 Å². The molecule has 0 aliphatic carbocycles. The number of fused-ring (bicyclic) bond motifs is 1. The summed E-state index contributed by atoms with van der Waals surface area (Å²) in [5, 5.41) is 9.32. The van der Waals surface area contributed by atoms with Gasteiger partial charge in [0.25, 0.3) is 5.56 Å². The number of aromatic amines is 1. The lowest BCUT2D eigenvalue weighted by Gasteiger charge is -2.25. The van der Waals surface area contributed by atoms with Gasteiger partial charge in [0, 0.05) is 11.4 Å². The average Bonchev–Trinajstić information content (AvgIpc) is 3.56. The number of carboxylic acids is 1. The molecule has 2 aromatic heterocycles. The summed E-state index contributed by atoms with van der Waals surface area (Å²) in [5.41, 5.74) is 3.25. The van der Waals surface area contributed by atoms with Gasteiger partial charge in [-0.2, -0.15) is 0 Å². The average molecular weight is 574 g/mol. The second kappa shape index (κ2) is 11.3. The Morgan fingerprint density at radius 1 is 1.10 bits per heavy atom. The first kappa shape index (κ1) is 27.7. The minimum atomic E-state index is -1.01. The molecule has 3 heterocycles. The van der Waals surface area contributed by atoms with Crippen LogP contribution >= 0.6 is 11.3 Å². The summed E-state index contributed by atoms with van der Waals surface area (Å²) in [5.74, 6) is -0.601. The SMILES string of the molecule is CCOC(=O)C1=C(C)N=c2sc(=Cc3ccc(-c4cccc(C(=O)O)c4)[nH]3)c(=O)n2C1c1ccc(OC)c(OC)c1. The summed E-state index contributed by atoms with van der Waals surface area (Å²) >= 11 is 1.20. The summed E-state index contributed by atoms with van der Waals surface area (Å²) in [6, 6.07) is 14.7. The standard InChI is InChI=1S/C30H27N3O7S/c1-5-40-29(37)25-16(2)31-30-33(26(25)18-9-12-22(38-3)23(14-18)39-4)27(34)24(41-30)15-20-10-11-21(32-20)17-7-6-8-19(13-17)28(35)36/h6-15,26,32H,5H2,1-4H3,(H,35,36). The van der Waals surface area contributed by atoms with Gasteiger partial charge in [0.1, 0.15) is 0 Å². The number of carboxylic acid groups (broad SMARTS) is 1. The van der Waals surface area contributed by atoms with Gasteiger partial charge in [-0.1, -0.05) is 29.5 Å². The van der Waals surface area contributed by atoms with E-state index < -0.39 is 18.0 Å². The van der Waals surface area contributed by atoms with Crippen molar-refractivity contribution in [1.82, 2.24) is 9.55 Å². The highest BCUT2D eigenvalue weighted by atomic mass is 32.1. The van der Waals surface area contributed by atoms with Gasteiger partial charge in [0.2, 0.25) is 0 Å². The van der Waals surface area contributed by atoms with Gasteiger partial charge < -0.3 is 24.3 Å². The molecule has 0 amide bonds. The fourth-order valence-electron chi connectivity index (χ4n) is 4.76. The molecule has 2 N–H and O–H groups in total. The van der Waals surface area contributed by atoms with E-state index >= 15 is 0 Å². The molecule has 210 valence electrons. The summed E-state index contributed by atoms with van der Waals surface area (Å²) in [6.45, 7) is 3.61. The molecule has 10 nitrogen and oxygen atoms in total. The number of benzene rings is 2. The van der Waals surface area contributed by atoms with Crippen LogP contribution in [-0.4, -0.2) is 47.4 Å². The Balaban J connectivity index is 1.64. The van der Waals surface area contributed by atoms with Crippen molar-refractivity contribution in [1.29, 1.82) is 0 Å². The van der Waals surface area contributed by atoms with Crippen LogP contribution in [0, 0.1) is 0 Å². The number of rotatable bonds is 8. The third kappa shape index (κ3) is 5.19. The molecule has 5 rings (SSSR count). The van der Waals surface area contributed by atoms with Gasteiger partial charge in [0.05, 0.1) is 48.2 Å². The Bertz CT molecular complexity index is 1880. The molecular weight excluding hydrogens is 546 g/mol. The molecule has 0 spiro atoms. The lowest BCUT2D eigenvalue weighted by Crippen LogP contribution is -2.40. The number of allylic oxidation sites excluding steroid dienone is 1. The highest BCUT2D eigenvalue weighted by molar-refractivity contribution is 7.07. The first-order valence-corrected chi connectivity index (χ1v) is 13.5. The first-order valence-electron chi connectivity index (χ1n) is 12.7. The van der Waals surface area contributed by atoms with Gasteiger partial charge in [-0.05, 0) is 67.4 Å². The number of hydrogen-bond donors (Lipinski definition) is 2. The number of ether oxygens (including phenoxy) is 3. The van der Waals surface area contributed by atoms with Crippen LogP contribution in [0.15, 0.2) is 75.7 Å². The maximum Gasteiger partial charge on any atom is 0.338 e. The zero-order chi connectivity index (χ0) is 29.3. The number of H-pyrrole nitrogens is 1. The van der Waals surface area contributed by atoms with Gasteiger partial charge >= 0.3 is 11.9 Å². The van der Waals surface area contributed by atoms with Crippen LogP contribution in [0.5, 0.6) is 11.5 Å². The number of thiazole rings is 1.